The molecule has 0 N–H and O–H groups in total. The lowest BCUT2D eigenvalue weighted by Crippen LogP contribution is -2.34. The average molecular weight is 328 g/mol. The Morgan fingerprint density at radius 1 is 1.13 bits per heavy atom. The zero-order valence-electron chi connectivity index (χ0n) is 13.6. The fourth-order valence-electron chi connectivity index (χ4n) is 4.59. The second-order valence-electron chi connectivity index (χ2n) is 6.76. The molecule has 1 fully saturated rings. The molecule has 120 valence electrons. The first-order chi connectivity index (χ1) is 11.2. The number of benzene rings is 2. The summed E-state index contributed by atoms with van der Waals surface area (Å²) in [4.78, 5) is 2.52. The van der Waals surface area contributed by atoms with Crippen LogP contribution in [-0.4, -0.2) is 25.6 Å². The molecule has 2 aliphatic rings. The van der Waals surface area contributed by atoms with E-state index in [4.69, 9.17) is 16.3 Å². The number of piperidine rings is 1. The Hall–Kier alpha value is -1.51. The zero-order chi connectivity index (χ0) is 16.0. The molecule has 0 spiro atoms. The number of methoxy groups -OCH3 is 1. The van der Waals surface area contributed by atoms with Crippen molar-refractivity contribution in [3.63, 3.8) is 0 Å². The number of likely N-dealkylation sites (tertiary alicyclic amines) is 1. The van der Waals surface area contributed by atoms with E-state index >= 15 is 0 Å². The summed E-state index contributed by atoms with van der Waals surface area (Å²) in [6.45, 7) is 1.18. The highest BCUT2D eigenvalue weighted by Gasteiger charge is 2.44. The van der Waals surface area contributed by atoms with Gasteiger partial charge in [-0.25, -0.2) is 0 Å². The van der Waals surface area contributed by atoms with Gasteiger partial charge in [-0.1, -0.05) is 29.8 Å². The SMILES string of the molecule is COc1ccc2c(c1)C(c1cccc(Cl)c1)C1CCCN(C)C21. The summed E-state index contributed by atoms with van der Waals surface area (Å²) >= 11 is 6.28. The van der Waals surface area contributed by atoms with Crippen molar-refractivity contribution in [3.05, 3.63) is 64.2 Å². The smallest absolute Gasteiger partial charge is 0.119 e. The van der Waals surface area contributed by atoms with Gasteiger partial charge in [0.2, 0.25) is 0 Å². The summed E-state index contributed by atoms with van der Waals surface area (Å²) in [6, 6.07) is 15.5. The van der Waals surface area contributed by atoms with E-state index in [0.717, 1.165) is 10.8 Å². The van der Waals surface area contributed by atoms with Crippen molar-refractivity contribution in [2.75, 3.05) is 20.7 Å². The maximum atomic E-state index is 6.28. The molecule has 3 unspecified atom stereocenters. The Morgan fingerprint density at radius 3 is 2.78 bits per heavy atom. The van der Waals surface area contributed by atoms with Gasteiger partial charge >= 0.3 is 0 Å². The van der Waals surface area contributed by atoms with Crippen LogP contribution in [0.15, 0.2) is 42.5 Å². The topological polar surface area (TPSA) is 12.5 Å². The highest BCUT2D eigenvalue weighted by molar-refractivity contribution is 6.30. The lowest BCUT2D eigenvalue weighted by Gasteiger charge is -2.37. The van der Waals surface area contributed by atoms with Gasteiger partial charge in [-0.3, -0.25) is 4.90 Å². The summed E-state index contributed by atoms with van der Waals surface area (Å²) in [5.74, 6) is 1.97. The van der Waals surface area contributed by atoms with Crippen molar-refractivity contribution in [1.82, 2.24) is 4.90 Å². The fourth-order valence-corrected chi connectivity index (χ4v) is 4.79. The Bertz CT molecular complexity index is 729. The summed E-state index contributed by atoms with van der Waals surface area (Å²) in [5.41, 5.74) is 4.20. The van der Waals surface area contributed by atoms with Crippen molar-refractivity contribution >= 4 is 11.6 Å². The van der Waals surface area contributed by atoms with Gasteiger partial charge in [0, 0.05) is 17.0 Å². The van der Waals surface area contributed by atoms with Crippen molar-refractivity contribution in [3.8, 4) is 5.75 Å². The maximum absolute atomic E-state index is 6.28. The fraction of sp³-hybridized carbons (Fsp3) is 0.400. The molecule has 2 aromatic rings. The zero-order valence-corrected chi connectivity index (χ0v) is 14.4. The lowest BCUT2D eigenvalue weighted by atomic mass is 9.80. The molecule has 0 bridgehead atoms. The highest BCUT2D eigenvalue weighted by atomic mass is 35.5. The Kier molecular flexibility index (Phi) is 3.82. The van der Waals surface area contributed by atoms with Crippen LogP contribution < -0.4 is 4.74 Å². The highest BCUT2D eigenvalue weighted by Crippen LogP contribution is 2.55. The van der Waals surface area contributed by atoms with E-state index in [9.17, 15) is 0 Å². The van der Waals surface area contributed by atoms with Gasteiger partial charge in [-0.05, 0) is 73.3 Å². The van der Waals surface area contributed by atoms with Crippen LogP contribution in [0.4, 0.5) is 0 Å². The van der Waals surface area contributed by atoms with E-state index in [2.05, 4.69) is 48.3 Å². The number of halogens is 1. The molecule has 1 heterocycles. The number of rotatable bonds is 2. The molecule has 23 heavy (non-hydrogen) atoms. The largest absolute Gasteiger partial charge is 0.497 e. The molecular formula is C20H22ClNO. The molecule has 3 atom stereocenters. The van der Waals surface area contributed by atoms with E-state index in [1.165, 1.54) is 36.1 Å². The first-order valence-electron chi connectivity index (χ1n) is 8.32. The summed E-state index contributed by atoms with van der Waals surface area (Å²) in [6.07, 6.45) is 2.53. The first-order valence-corrected chi connectivity index (χ1v) is 8.70. The molecule has 1 aliphatic heterocycles. The minimum Gasteiger partial charge on any atom is -0.497 e. The van der Waals surface area contributed by atoms with Crippen molar-refractivity contribution in [2.24, 2.45) is 5.92 Å². The molecular weight excluding hydrogens is 306 g/mol. The van der Waals surface area contributed by atoms with Gasteiger partial charge in [-0.15, -0.1) is 0 Å². The molecule has 1 aliphatic carbocycles. The van der Waals surface area contributed by atoms with Crippen LogP contribution in [0, 0.1) is 5.92 Å². The third-order valence-electron chi connectivity index (χ3n) is 5.51. The van der Waals surface area contributed by atoms with Gasteiger partial charge in [0.25, 0.3) is 0 Å². The standard InChI is InChI=1S/C20H22ClNO/c1-22-10-4-7-17-19(13-5-3-6-14(21)11-13)18-12-15(23-2)8-9-16(18)20(17)22/h3,5-6,8-9,11-12,17,19-20H,4,7,10H2,1-2H3. The van der Waals surface area contributed by atoms with Crippen LogP contribution >= 0.6 is 11.6 Å². The van der Waals surface area contributed by atoms with Crippen LogP contribution in [0.25, 0.3) is 0 Å². The van der Waals surface area contributed by atoms with E-state index in [-0.39, 0.29) is 0 Å². The number of ether oxygens (including phenoxy) is 1. The average Bonchev–Trinajstić information content (AvgIpc) is 2.89. The predicted octanol–water partition coefficient (Wildman–Crippen LogP) is 4.88. The van der Waals surface area contributed by atoms with Crippen LogP contribution in [0.5, 0.6) is 5.75 Å². The molecule has 0 amide bonds. The van der Waals surface area contributed by atoms with E-state index in [1.54, 1.807) is 7.11 Å². The van der Waals surface area contributed by atoms with E-state index in [0.29, 0.717) is 17.9 Å². The molecule has 3 heteroatoms. The molecule has 0 saturated carbocycles. The maximum Gasteiger partial charge on any atom is 0.119 e. The lowest BCUT2D eigenvalue weighted by molar-refractivity contribution is 0.127. The summed E-state index contributed by atoms with van der Waals surface area (Å²) in [7, 11) is 4.00. The number of hydrogen-bond acceptors (Lipinski definition) is 2. The second-order valence-corrected chi connectivity index (χ2v) is 7.20. The van der Waals surface area contributed by atoms with Crippen LogP contribution in [0.1, 0.15) is 41.5 Å². The second kappa shape index (κ2) is 5.85. The minimum absolute atomic E-state index is 0.409. The van der Waals surface area contributed by atoms with Gasteiger partial charge in [0.1, 0.15) is 5.75 Å². The van der Waals surface area contributed by atoms with Crippen LogP contribution in [-0.2, 0) is 0 Å². The van der Waals surface area contributed by atoms with Crippen LogP contribution in [0.2, 0.25) is 5.02 Å². The third-order valence-corrected chi connectivity index (χ3v) is 5.75. The Labute approximate surface area is 143 Å². The van der Waals surface area contributed by atoms with Gasteiger partial charge in [-0.2, -0.15) is 0 Å². The predicted molar refractivity (Wildman–Crippen MR) is 94.4 cm³/mol. The monoisotopic (exact) mass is 327 g/mol. The molecule has 4 rings (SSSR count). The quantitative estimate of drug-likeness (QED) is 0.779. The van der Waals surface area contributed by atoms with Gasteiger partial charge in [0.05, 0.1) is 7.11 Å². The van der Waals surface area contributed by atoms with Crippen molar-refractivity contribution in [1.29, 1.82) is 0 Å². The number of fused-ring (bicyclic) bond motifs is 3. The molecule has 2 nitrogen and oxygen atoms in total. The van der Waals surface area contributed by atoms with Gasteiger partial charge in [0.15, 0.2) is 0 Å². The molecule has 1 saturated heterocycles. The van der Waals surface area contributed by atoms with Crippen LogP contribution in [0.3, 0.4) is 0 Å². The Morgan fingerprint density at radius 2 is 2.00 bits per heavy atom. The van der Waals surface area contributed by atoms with Crippen molar-refractivity contribution < 1.29 is 4.74 Å². The molecule has 0 radical (unpaired) electrons. The number of nitrogens with zero attached hydrogens (tertiary/aromatic N) is 1. The first kappa shape index (κ1) is 15.0. The minimum atomic E-state index is 0.409. The van der Waals surface area contributed by atoms with E-state index < -0.39 is 0 Å². The normalized spacial score (nSPS) is 26.7. The third kappa shape index (κ3) is 2.45. The van der Waals surface area contributed by atoms with Gasteiger partial charge < -0.3 is 4.74 Å². The summed E-state index contributed by atoms with van der Waals surface area (Å²) in [5, 5.41) is 0.819. The molecule has 2 aromatic carbocycles. The Balaban J connectivity index is 1.88. The number of hydrogen-bond donors (Lipinski definition) is 0. The molecule has 0 aromatic heterocycles. The van der Waals surface area contributed by atoms with E-state index in [1.807, 2.05) is 6.07 Å². The van der Waals surface area contributed by atoms with Crippen molar-refractivity contribution in [2.45, 2.75) is 24.8 Å². The summed E-state index contributed by atoms with van der Waals surface area (Å²) < 4.78 is 5.49.